The van der Waals surface area contributed by atoms with Gasteiger partial charge < -0.3 is 25.1 Å². The Morgan fingerprint density at radius 2 is 1.84 bits per heavy atom. The number of benzene rings is 2. The van der Waals surface area contributed by atoms with E-state index in [4.69, 9.17) is 27.4 Å². The number of thiocarbonyl (C=S) groups is 1. The summed E-state index contributed by atoms with van der Waals surface area (Å²) in [6, 6.07) is 16.0. The number of nitrogens with two attached hydrogens (primary N) is 1. The Kier molecular flexibility index (Phi) is 6.85. The van der Waals surface area contributed by atoms with Gasteiger partial charge in [0.05, 0.1) is 16.6 Å². The first kappa shape index (κ1) is 22.6. The Bertz CT molecular complexity index is 1080. The molecule has 0 atom stereocenters. The van der Waals surface area contributed by atoms with Crippen molar-refractivity contribution in [2.75, 3.05) is 11.9 Å². The lowest BCUT2D eigenvalue weighted by Gasteiger charge is -2.19. The molecule has 0 saturated carbocycles. The minimum atomic E-state index is -0.570. The van der Waals surface area contributed by atoms with Crippen LogP contribution in [0.5, 0.6) is 5.75 Å². The van der Waals surface area contributed by atoms with Crippen LogP contribution in [0.2, 0.25) is 0 Å². The molecular formula is C24H29N3O3S. The summed E-state index contributed by atoms with van der Waals surface area (Å²) in [5, 5.41) is 4.15. The van der Waals surface area contributed by atoms with E-state index in [0.29, 0.717) is 12.3 Å². The zero-order chi connectivity index (χ0) is 22.6. The standard InChI is InChI=1S/C24H29N3O3S/c1-5-17-22(26-23(25)31)21-18(27(17)14-16-10-7-6-8-11-16)12-9-13-19(21)29-15-20(28)30-24(2,3)4/h6-13H,5,14-15H2,1-4H3,(H3,25,26,31). The molecule has 0 aliphatic carbocycles. The summed E-state index contributed by atoms with van der Waals surface area (Å²) in [5.41, 5.74) is 9.28. The first-order chi connectivity index (χ1) is 14.7. The molecule has 3 aromatic rings. The van der Waals surface area contributed by atoms with Crippen LogP contribution in [0.1, 0.15) is 39.0 Å². The summed E-state index contributed by atoms with van der Waals surface area (Å²) in [4.78, 5) is 12.2. The van der Waals surface area contributed by atoms with Crippen molar-refractivity contribution in [3.05, 3.63) is 59.8 Å². The molecule has 0 spiro atoms. The van der Waals surface area contributed by atoms with E-state index in [9.17, 15) is 4.79 Å². The van der Waals surface area contributed by atoms with Crippen LogP contribution in [0, 0.1) is 0 Å². The molecule has 1 heterocycles. The Labute approximate surface area is 188 Å². The molecule has 2 aromatic carbocycles. The van der Waals surface area contributed by atoms with Gasteiger partial charge in [-0.2, -0.15) is 0 Å². The van der Waals surface area contributed by atoms with E-state index in [1.54, 1.807) is 0 Å². The summed E-state index contributed by atoms with van der Waals surface area (Å²) in [5.74, 6) is 0.149. The lowest BCUT2D eigenvalue weighted by molar-refractivity contribution is -0.157. The topological polar surface area (TPSA) is 78.5 Å². The molecule has 0 amide bonds. The van der Waals surface area contributed by atoms with Crippen LogP contribution < -0.4 is 15.8 Å². The van der Waals surface area contributed by atoms with Gasteiger partial charge in [-0.1, -0.05) is 43.3 Å². The first-order valence-corrected chi connectivity index (χ1v) is 10.7. The average molecular weight is 440 g/mol. The van der Waals surface area contributed by atoms with E-state index in [2.05, 4.69) is 28.9 Å². The molecular weight excluding hydrogens is 410 g/mol. The highest BCUT2D eigenvalue weighted by molar-refractivity contribution is 7.80. The van der Waals surface area contributed by atoms with Gasteiger partial charge in [-0.25, -0.2) is 4.79 Å². The van der Waals surface area contributed by atoms with Gasteiger partial charge in [-0.15, -0.1) is 0 Å². The monoisotopic (exact) mass is 439 g/mol. The number of rotatable bonds is 7. The Morgan fingerprint density at radius 1 is 1.13 bits per heavy atom. The van der Waals surface area contributed by atoms with Crippen molar-refractivity contribution in [3.8, 4) is 5.75 Å². The van der Waals surface area contributed by atoms with Gasteiger partial charge in [0, 0.05) is 12.2 Å². The van der Waals surface area contributed by atoms with Crippen LogP contribution >= 0.6 is 12.2 Å². The predicted octanol–water partition coefficient (Wildman–Crippen LogP) is 4.63. The molecule has 3 rings (SSSR count). The summed E-state index contributed by atoms with van der Waals surface area (Å²) < 4.78 is 13.5. The first-order valence-electron chi connectivity index (χ1n) is 10.3. The van der Waals surface area contributed by atoms with E-state index >= 15 is 0 Å². The predicted molar refractivity (Wildman–Crippen MR) is 129 cm³/mol. The lowest BCUT2D eigenvalue weighted by Crippen LogP contribution is -2.27. The third-order valence-corrected chi connectivity index (χ3v) is 4.79. The average Bonchev–Trinajstić information content (AvgIpc) is 2.98. The fourth-order valence-corrected chi connectivity index (χ4v) is 3.72. The molecule has 1 aromatic heterocycles. The second-order valence-corrected chi connectivity index (χ2v) is 8.70. The van der Waals surface area contributed by atoms with Crippen LogP contribution in [0.15, 0.2) is 48.5 Å². The van der Waals surface area contributed by atoms with Crippen LogP contribution in [-0.4, -0.2) is 27.9 Å². The molecule has 0 saturated heterocycles. The van der Waals surface area contributed by atoms with Crippen molar-refractivity contribution in [3.63, 3.8) is 0 Å². The molecule has 0 unspecified atom stereocenters. The fraction of sp³-hybridized carbons (Fsp3) is 0.333. The van der Waals surface area contributed by atoms with Gasteiger partial charge in [0.15, 0.2) is 11.7 Å². The second-order valence-electron chi connectivity index (χ2n) is 8.26. The number of ether oxygens (including phenoxy) is 2. The number of carbonyl (C=O) groups excluding carboxylic acids is 1. The Morgan fingerprint density at radius 3 is 2.45 bits per heavy atom. The highest BCUT2D eigenvalue weighted by Gasteiger charge is 2.22. The molecule has 0 bridgehead atoms. The maximum Gasteiger partial charge on any atom is 0.344 e. The molecule has 0 radical (unpaired) electrons. The maximum atomic E-state index is 12.2. The van der Waals surface area contributed by atoms with E-state index < -0.39 is 11.6 Å². The van der Waals surface area contributed by atoms with Crippen molar-refractivity contribution < 1.29 is 14.3 Å². The number of hydrogen-bond donors (Lipinski definition) is 2. The zero-order valence-corrected chi connectivity index (χ0v) is 19.2. The summed E-state index contributed by atoms with van der Waals surface area (Å²) in [7, 11) is 0. The SMILES string of the molecule is CCc1c(NC(N)=S)c2c(OCC(=O)OC(C)(C)C)cccc2n1Cc1ccccc1. The van der Waals surface area contributed by atoms with Crippen molar-refractivity contribution >= 4 is 39.9 Å². The summed E-state index contributed by atoms with van der Waals surface area (Å²) in [6.07, 6.45) is 0.762. The number of anilines is 1. The Hall–Kier alpha value is -3.06. The summed E-state index contributed by atoms with van der Waals surface area (Å²) >= 11 is 5.14. The largest absolute Gasteiger partial charge is 0.481 e. The number of esters is 1. The Balaban J connectivity index is 2.06. The second kappa shape index (κ2) is 9.39. The third-order valence-electron chi connectivity index (χ3n) is 4.69. The normalized spacial score (nSPS) is 11.4. The number of carbonyl (C=O) groups is 1. The molecule has 3 N–H and O–H groups in total. The van der Waals surface area contributed by atoms with Gasteiger partial charge in [-0.3, -0.25) is 0 Å². The van der Waals surface area contributed by atoms with E-state index in [-0.39, 0.29) is 11.7 Å². The molecule has 164 valence electrons. The van der Waals surface area contributed by atoms with E-state index in [1.165, 1.54) is 5.56 Å². The highest BCUT2D eigenvalue weighted by Crippen LogP contribution is 2.38. The van der Waals surface area contributed by atoms with Gasteiger partial charge in [0.2, 0.25) is 0 Å². The minimum Gasteiger partial charge on any atom is -0.481 e. The van der Waals surface area contributed by atoms with Crippen LogP contribution in [-0.2, 0) is 22.5 Å². The minimum absolute atomic E-state index is 0.176. The number of nitrogens with one attached hydrogen (secondary N) is 1. The third kappa shape index (κ3) is 5.55. The summed E-state index contributed by atoms with van der Waals surface area (Å²) in [6.45, 7) is 8.07. The van der Waals surface area contributed by atoms with Crippen LogP contribution in [0.3, 0.4) is 0 Å². The van der Waals surface area contributed by atoms with Crippen molar-refractivity contribution in [1.29, 1.82) is 0 Å². The number of hydrogen-bond acceptors (Lipinski definition) is 4. The molecule has 7 heteroatoms. The number of fused-ring (bicyclic) bond motifs is 1. The van der Waals surface area contributed by atoms with Crippen LogP contribution in [0.25, 0.3) is 10.9 Å². The molecule has 31 heavy (non-hydrogen) atoms. The quantitative estimate of drug-likeness (QED) is 0.413. The fourth-order valence-electron chi connectivity index (χ4n) is 3.62. The smallest absolute Gasteiger partial charge is 0.344 e. The van der Waals surface area contributed by atoms with Gasteiger partial charge in [0.1, 0.15) is 11.4 Å². The van der Waals surface area contributed by atoms with Gasteiger partial charge in [0.25, 0.3) is 0 Å². The van der Waals surface area contributed by atoms with Gasteiger partial charge >= 0.3 is 5.97 Å². The van der Waals surface area contributed by atoms with E-state index in [1.807, 2.05) is 57.2 Å². The molecule has 6 nitrogen and oxygen atoms in total. The number of aromatic nitrogens is 1. The van der Waals surface area contributed by atoms with Crippen molar-refractivity contribution in [1.82, 2.24) is 4.57 Å². The highest BCUT2D eigenvalue weighted by atomic mass is 32.1. The number of nitrogens with zero attached hydrogens (tertiary/aromatic N) is 1. The van der Waals surface area contributed by atoms with Crippen molar-refractivity contribution in [2.24, 2.45) is 5.73 Å². The van der Waals surface area contributed by atoms with Crippen LogP contribution in [0.4, 0.5) is 5.69 Å². The van der Waals surface area contributed by atoms with Crippen molar-refractivity contribution in [2.45, 2.75) is 46.3 Å². The molecule has 0 aliphatic heterocycles. The lowest BCUT2D eigenvalue weighted by atomic mass is 10.2. The zero-order valence-electron chi connectivity index (χ0n) is 18.4. The van der Waals surface area contributed by atoms with Gasteiger partial charge in [-0.05, 0) is 57.1 Å². The molecule has 0 fully saturated rings. The maximum absolute atomic E-state index is 12.2. The van der Waals surface area contributed by atoms with E-state index in [0.717, 1.165) is 28.7 Å². The molecule has 0 aliphatic rings.